The van der Waals surface area contributed by atoms with Gasteiger partial charge in [0.1, 0.15) is 0 Å². The molecule has 0 bridgehead atoms. The molecule has 6 nitrogen and oxygen atoms in total. The number of benzene rings is 1. The van der Waals surface area contributed by atoms with Crippen LogP contribution in [-0.4, -0.2) is 36.4 Å². The quantitative estimate of drug-likeness (QED) is 0.407. The monoisotopic (exact) mass is 240 g/mol. The highest BCUT2D eigenvalue weighted by molar-refractivity contribution is 5.50. The summed E-state index contributed by atoms with van der Waals surface area (Å²) in [4.78, 5) is 10.1. The van der Waals surface area contributed by atoms with Crippen molar-refractivity contribution < 1.29 is 14.8 Å². The normalized spacial score (nSPS) is 10.2. The molecule has 0 aliphatic heterocycles. The van der Waals surface area contributed by atoms with Gasteiger partial charge in [-0.1, -0.05) is 6.07 Å². The second-order valence-electron chi connectivity index (χ2n) is 3.42. The van der Waals surface area contributed by atoms with Gasteiger partial charge in [0.2, 0.25) is 0 Å². The van der Waals surface area contributed by atoms with Crippen molar-refractivity contribution in [2.24, 2.45) is 0 Å². The highest BCUT2D eigenvalue weighted by atomic mass is 16.6. The van der Waals surface area contributed by atoms with Gasteiger partial charge in [0.25, 0.3) is 5.69 Å². The molecule has 0 aromatic heterocycles. The first-order chi connectivity index (χ1) is 8.24. The predicted molar refractivity (Wildman–Crippen MR) is 64.1 cm³/mol. The summed E-state index contributed by atoms with van der Waals surface area (Å²) in [6.07, 6.45) is 0.780. The van der Waals surface area contributed by atoms with E-state index in [1.807, 2.05) is 0 Å². The van der Waals surface area contributed by atoms with Crippen LogP contribution in [0, 0.1) is 10.1 Å². The number of non-ortho nitro benzene ring substituents is 1. The molecule has 17 heavy (non-hydrogen) atoms. The molecule has 6 heteroatoms. The second-order valence-corrected chi connectivity index (χ2v) is 3.42. The molecule has 1 aromatic rings. The molecule has 2 N–H and O–H groups in total. The molecule has 1 aromatic carbocycles. The fourth-order valence-electron chi connectivity index (χ4n) is 1.30. The Hall–Kier alpha value is -1.66. The van der Waals surface area contributed by atoms with E-state index in [1.54, 1.807) is 12.1 Å². The first-order valence-corrected chi connectivity index (χ1v) is 5.41. The standard InChI is InChI=1S/C11H16N2O4/c14-6-8-17-7-2-5-12-10-3-1-4-11(9-10)13(15)16/h1,3-4,9,12,14H,2,5-8H2. The Labute approximate surface area is 99.4 Å². The molecule has 0 heterocycles. The third-order valence-electron chi connectivity index (χ3n) is 2.09. The molecule has 0 saturated heterocycles. The van der Waals surface area contributed by atoms with Crippen LogP contribution in [0.4, 0.5) is 11.4 Å². The molecular formula is C11H16N2O4. The number of aliphatic hydroxyl groups excluding tert-OH is 1. The van der Waals surface area contributed by atoms with Crippen molar-refractivity contribution in [1.82, 2.24) is 0 Å². The number of nitro benzene ring substituents is 1. The van der Waals surface area contributed by atoms with Gasteiger partial charge >= 0.3 is 0 Å². The SMILES string of the molecule is O=[N+]([O-])c1cccc(NCCCOCCO)c1. The van der Waals surface area contributed by atoms with E-state index >= 15 is 0 Å². The number of anilines is 1. The summed E-state index contributed by atoms with van der Waals surface area (Å²) in [6, 6.07) is 6.37. The maximum atomic E-state index is 10.5. The van der Waals surface area contributed by atoms with E-state index < -0.39 is 4.92 Å². The Bertz CT molecular complexity index is 357. The average molecular weight is 240 g/mol. The van der Waals surface area contributed by atoms with Crippen LogP contribution in [0.25, 0.3) is 0 Å². The van der Waals surface area contributed by atoms with Gasteiger partial charge < -0.3 is 15.2 Å². The smallest absolute Gasteiger partial charge is 0.271 e. The summed E-state index contributed by atoms with van der Waals surface area (Å²) in [5.41, 5.74) is 0.799. The number of nitrogens with one attached hydrogen (secondary N) is 1. The lowest BCUT2D eigenvalue weighted by molar-refractivity contribution is -0.384. The molecule has 0 saturated carbocycles. The fraction of sp³-hybridized carbons (Fsp3) is 0.455. The van der Waals surface area contributed by atoms with Crippen molar-refractivity contribution in [2.45, 2.75) is 6.42 Å². The number of hydrogen-bond donors (Lipinski definition) is 2. The zero-order valence-electron chi connectivity index (χ0n) is 9.46. The Morgan fingerprint density at radius 3 is 2.94 bits per heavy atom. The van der Waals surface area contributed by atoms with Crippen LogP contribution in [0.1, 0.15) is 6.42 Å². The molecule has 0 aliphatic carbocycles. The molecule has 0 fully saturated rings. The van der Waals surface area contributed by atoms with Gasteiger partial charge in [-0.2, -0.15) is 0 Å². The number of hydrogen-bond acceptors (Lipinski definition) is 5. The Morgan fingerprint density at radius 2 is 2.24 bits per heavy atom. The Balaban J connectivity index is 2.27. The number of nitrogens with zero attached hydrogens (tertiary/aromatic N) is 1. The number of rotatable bonds is 8. The summed E-state index contributed by atoms with van der Waals surface area (Å²) >= 11 is 0. The Kier molecular flexibility index (Phi) is 5.98. The van der Waals surface area contributed by atoms with E-state index in [0.29, 0.717) is 19.8 Å². The van der Waals surface area contributed by atoms with Crippen LogP contribution in [0.15, 0.2) is 24.3 Å². The van der Waals surface area contributed by atoms with Crippen molar-refractivity contribution in [3.05, 3.63) is 34.4 Å². The minimum Gasteiger partial charge on any atom is -0.394 e. The molecule has 0 spiro atoms. The largest absolute Gasteiger partial charge is 0.394 e. The molecule has 0 radical (unpaired) electrons. The van der Waals surface area contributed by atoms with Crippen LogP contribution in [0.5, 0.6) is 0 Å². The van der Waals surface area contributed by atoms with Crippen molar-refractivity contribution in [3.8, 4) is 0 Å². The topological polar surface area (TPSA) is 84.6 Å². The molecule has 0 unspecified atom stereocenters. The highest BCUT2D eigenvalue weighted by Crippen LogP contribution is 2.16. The van der Waals surface area contributed by atoms with E-state index in [2.05, 4.69) is 5.32 Å². The minimum atomic E-state index is -0.421. The molecule has 0 amide bonds. The summed E-state index contributed by atoms with van der Waals surface area (Å²) in [5.74, 6) is 0. The van der Waals surface area contributed by atoms with Crippen molar-refractivity contribution in [3.63, 3.8) is 0 Å². The van der Waals surface area contributed by atoms with Crippen LogP contribution >= 0.6 is 0 Å². The lowest BCUT2D eigenvalue weighted by Crippen LogP contribution is -2.07. The maximum Gasteiger partial charge on any atom is 0.271 e. The molecule has 94 valence electrons. The number of ether oxygens (including phenoxy) is 1. The zero-order chi connectivity index (χ0) is 12.5. The fourth-order valence-corrected chi connectivity index (χ4v) is 1.30. The van der Waals surface area contributed by atoms with Crippen molar-refractivity contribution in [2.75, 3.05) is 31.7 Å². The van der Waals surface area contributed by atoms with Gasteiger partial charge in [0.15, 0.2) is 0 Å². The van der Waals surface area contributed by atoms with E-state index in [1.165, 1.54) is 12.1 Å². The minimum absolute atomic E-state index is 0.0261. The highest BCUT2D eigenvalue weighted by Gasteiger charge is 2.04. The van der Waals surface area contributed by atoms with Gasteiger partial charge in [0, 0.05) is 31.0 Å². The van der Waals surface area contributed by atoms with Gasteiger partial charge in [-0.15, -0.1) is 0 Å². The van der Waals surface area contributed by atoms with E-state index in [0.717, 1.165) is 12.1 Å². The zero-order valence-corrected chi connectivity index (χ0v) is 9.46. The van der Waals surface area contributed by atoms with Gasteiger partial charge in [-0.05, 0) is 12.5 Å². The summed E-state index contributed by atoms with van der Waals surface area (Å²) in [5, 5.41) is 22.1. The third-order valence-corrected chi connectivity index (χ3v) is 2.09. The van der Waals surface area contributed by atoms with E-state index in [-0.39, 0.29) is 12.3 Å². The van der Waals surface area contributed by atoms with Crippen LogP contribution in [0.3, 0.4) is 0 Å². The van der Waals surface area contributed by atoms with Gasteiger partial charge in [0.05, 0.1) is 18.1 Å². The predicted octanol–water partition coefficient (Wildman–Crippen LogP) is 1.41. The lowest BCUT2D eigenvalue weighted by atomic mass is 10.3. The van der Waals surface area contributed by atoms with Crippen LogP contribution in [0.2, 0.25) is 0 Å². The average Bonchev–Trinajstić information content (AvgIpc) is 2.34. The lowest BCUT2D eigenvalue weighted by Gasteiger charge is -2.06. The summed E-state index contributed by atoms with van der Waals surface area (Å²) in [7, 11) is 0. The second kappa shape index (κ2) is 7.59. The summed E-state index contributed by atoms with van der Waals surface area (Å²) < 4.78 is 5.08. The van der Waals surface area contributed by atoms with E-state index in [9.17, 15) is 10.1 Å². The molecule has 0 atom stereocenters. The maximum absolute atomic E-state index is 10.5. The molecule has 0 aliphatic rings. The van der Waals surface area contributed by atoms with Crippen LogP contribution in [-0.2, 0) is 4.74 Å². The molecular weight excluding hydrogens is 224 g/mol. The molecule has 1 rings (SSSR count). The first kappa shape index (κ1) is 13.4. The summed E-state index contributed by atoms with van der Waals surface area (Å²) in [6.45, 7) is 1.60. The van der Waals surface area contributed by atoms with Gasteiger partial charge in [-0.3, -0.25) is 10.1 Å². The number of nitro groups is 1. The first-order valence-electron chi connectivity index (χ1n) is 5.41. The third kappa shape index (κ3) is 5.28. The van der Waals surface area contributed by atoms with Gasteiger partial charge in [-0.25, -0.2) is 0 Å². The van der Waals surface area contributed by atoms with Crippen molar-refractivity contribution >= 4 is 11.4 Å². The van der Waals surface area contributed by atoms with Crippen LogP contribution < -0.4 is 5.32 Å². The number of aliphatic hydroxyl groups is 1. The van der Waals surface area contributed by atoms with Crippen molar-refractivity contribution in [1.29, 1.82) is 0 Å². The van der Waals surface area contributed by atoms with E-state index in [4.69, 9.17) is 9.84 Å². The Morgan fingerprint density at radius 1 is 1.41 bits per heavy atom.